The quantitative estimate of drug-likeness (QED) is 0.700. The van der Waals surface area contributed by atoms with E-state index in [1.165, 1.54) is 9.75 Å². The largest absolute Gasteiger partial charge is 0.296 e. The van der Waals surface area contributed by atoms with Gasteiger partial charge in [0.05, 0.1) is 5.52 Å². The minimum atomic E-state index is 0.468. The second-order valence-corrected chi connectivity index (χ2v) is 5.19. The van der Waals surface area contributed by atoms with Crippen LogP contribution in [0.2, 0.25) is 0 Å². The summed E-state index contributed by atoms with van der Waals surface area (Å²) >= 11 is 1.75. The van der Waals surface area contributed by atoms with Crippen LogP contribution in [0.5, 0.6) is 0 Å². The van der Waals surface area contributed by atoms with E-state index < -0.39 is 0 Å². The number of aromatic amines is 1. The second-order valence-electron chi connectivity index (χ2n) is 3.90. The van der Waals surface area contributed by atoms with Crippen molar-refractivity contribution < 1.29 is 4.79 Å². The average molecular weight is 242 g/mol. The van der Waals surface area contributed by atoms with E-state index in [0.29, 0.717) is 5.69 Å². The van der Waals surface area contributed by atoms with Gasteiger partial charge in [-0.25, -0.2) is 0 Å². The van der Waals surface area contributed by atoms with Crippen LogP contribution in [0, 0.1) is 6.92 Å². The van der Waals surface area contributed by atoms with Gasteiger partial charge in [0.2, 0.25) is 0 Å². The molecule has 84 valence electrons. The Morgan fingerprint density at radius 3 is 2.88 bits per heavy atom. The average Bonchev–Trinajstić information content (AvgIpc) is 2.94. The molecule has 0 radical (unpaired) electrons. The number of carbonyl (C=O) groups excluding carboxylic acids is 1. The molecule has 0 aliphatic heterocycles. The van der Waals surface area contributed by atoms with Gasteiger partial charge in [-0.05, 0) is 36.8 Å². The first-order chi connectivity index (χ1) is 8.28. The van der Waals surface area contributed by atoms with Crippen LogP contribution < -0.4 is 0 Å². The minimum absolute atomic E-state index is 0.468. The van der Waals surface area contributed by atoms with Crippen molar-refractivity contribution in [1.82, 2.24) is 10.2 Å². The highest BCUT2D eigenvalue weighted by atomic mass is 32.1. The number of carbonyl (C=O) groups is 1. The number of nitrogens with one attached hydrogen (secondary N) is 1. The van der Waals surface area contributed by atoms with Crippen LogP contribution in [0.15, 0.2) is 30.3 Å². The first-order valence-corrected chi connectivity index (χ1v) is 6.10. The Kier molecular flexibility index (Phi) is 2.30. The van der Waals surface area contributed by atoms with Gasteiger partial charge in [0.1, 0.15) is 5.69 Å². The van der Waals surface area contributed by atoms with Crippen LogP contribution in [-0.4, -0.2) is 16.5 Å². The Labute approximate surface area is 102 Å². The number of hydrogen-bond donors (Lipinski definition) is 1. The zero-order chi connectivity index (χ0) is 11.8. The second kappa shape index (κ2) is 3.82. The number of hydrogen-bond acceptors (Lipinski definition) is 3. The van der Waals surface area contributed by atoms with E-state index in [4.69, 9.17) is 0 Å². The smallest absolute Gasteiger partial charge is 0.170 e. The summed E-state index contributed by atoms with van der Waals surface area (Å²) in [7, 11) is 0. The van der Waals surface area contributed by atoms with E-state index in [1.54, 1.807) is 11.3 Å². The number of fused-ring (bicyclic) bond motifs is 1. The number of rotatable bonds is 2. The molecule has 0 aliphatic carbocycles. The lowest BCUT2D eigenvalue weighted by Crippen LogP contribution is -1.79. The molecule has 3 nitrogen and oxygen atoms in total. The van der Waals surface area contributed by atoms with Crippen LogP contribution in [0.1, 0.15) is 15.4 Å². The molecule has 3 rings (SSSR count). The predicted octanol–water partition coefficient (Wildman–Crippen LogP) is 3.41. The first kappa shape index (κ1) is 10.2. The Balaban J connectivity index is 2.21. The minimum Gasteiger partial charge on any atom is -0.296 e. The highest BCUT2D eigenvalue weighted by molar-refractivity contribution is 7.15. The topological polar surface area (TPSA) is 45.8 Å². The lowest BCUT2D eigenvalue weighted by molar-refractivity contribution is 0.112. The van der Waals surface area contributed by atoms with E-state index in [1.807, 2.05) is 18.2 Å². The molecule has 3 aromatic rings. The van der Waals surface area contributed by atoms with Crippen molar-refractivity contribution >= 4 is 28.5 Å². The van der Waals surface area contributed by atoms with Gasteiger partial charge in [-0.3, -0.25) is 9.89 Å². The zero-order valence-electron chi connectivity index (χ0n) is 9.23. The molecule has 0 atom stereocenters. The van der Waals surface area contributed by atoms with Crippen molar-refractivity contribution in [2.75, 3.05) is 0 Å². The molecule has 4 heteroatoms. The molecule has 0 saturated carbocycles. The standard InChI is InChI=1S/C13H10N2OS/c1-8-2-5-13(17-8)9-3-4-11-10(6-9)12(7-16)15-14-11/h2-7H,1H3,(H,14,15). The molecular formula is C13H10N2OS. The highest BCUT2D eigenvalue weighted by Gasteiger charge is 2.07. The molecule has 0 unspecified atom stereocenters. The fourth-order valence-electron chi connectivity index (χ4n) is 1.87. The summed E-state index contributed by atoms with van der Waals surface area (Å²) in [6, 6.07) is 10.2. The maximum Gasteiger partial charge on any atom is 0.170 e. The monoisotopic (exact) mass is 242 g/mol. The van der Waals surface area contributed by atoms with Gasteiger partial charge >= 0.3 is 0 Å². The molecule has 2 heterocycles. The fourth-order valence-corrected chi connectivity index (χ4v) is 2.73. The van der Waals surface area contributed by atoms with Crippen LogP contribution in [0.4, 0.5) is 0 Å². The number of benzene rings is 1. The summed E-state index contributed by atoms with van der Waals surface area (Å²) in [5, 5.41) is 7.69. The van der Waals surface area contributed by atoms with E-state index in [0.717, 1.165) is 22.8 Å². The van der Waals surface area contributed by atoms with Crippen LogP contribution >= 0.6 is 11.3 Å². The van der Waals surface area contributed by atoms with Gasteiger partial charge in [-0.1, -0.05) is 6.07 Å². The van der Waals surface area contributed by atoms with Crippen LogP contribution in [-0.2, 0) is 0 Å². The van der Waals surface area contributed by atoms with Gasteiger partial charge in [0.25, 0.3) is 0 Å². The van der Waals surface area contributed by atoms with Crippen LogP contribution in [0.25, 0.3) is 21.3 Å². The molecule has 0 fully saturated rings. The van der Waals surface area contributed by atoms with Crippen molar-refractivity contribution in [1.29, 1.82) is 0 Å². The maximum atomic E-state index is 10.9. The molecule has 0 aliphatic rings. The van der Waals surface area contributed by atoms with E-state index in [2.05, 4.69) is 29.3 Å². The predicted molar refractivity (Wildman–Crippen MR) is 69.5 cm³/mol. The van der Waals surface area contributed by atoms with Crippen molar-refractivity contribution in [3.8, 4) is 10.4 Å². The molecule has 1 N–H and O–H groups in total. The number of thiophene rings is 1. The maximum absolute atomic E-state index is 10.9. The summed E-state index contributed by atoms with van der Waals surface area (Å²) in [4.78, 5) is 13.3. The Bertz CT molecular complexity index is 696. The van der Waals surface area contributed by atoms with E-state index in [-0.39, 0.29) is 0 Å². The molecule has 17 heavy (non-hydrogen) atoms. The zero-order valence-corrected chi connectivity index (χ0v) is 10.0. The Hall–Kier alpha value is -1.94. The Morgan fingerprint density at radius 1 is 1.29 bits per heavy atom. The molecule has 0 amide bonds. The number of nitrogens with zero attached hydrogens (tertiary/aromatic N) is 1. The molecule has 0 bridgehead atoms. The third-order valence-electron chi connectivity index (χ3n) is 2.73. The fraction of sp³-hybridized carbons (Fsp3) is 0.0769. The molecule has 2 aromatic heterocycles. The lowest BCUT2D eigenvalue weighted by atomic mass is 10.1. The van der Waals surface area contributed by atoms with E-state index in [9.17, 15) is 4.79 Å². The van der Waals surface area contributed by atoms with Gasteiger partial charge in [0.15, 0.2) is 6.29 Å². The Morgan fingerprint density at radius 2 is 2.18 bits per heavy atom. The van der Waals surface area contributed by atoms with Crippen molar-refractivity contribution in [3.05, 3.63) is 40.9 Å². The summed E-state index contributed by atoms with van der Waals surface area (Å²) in [6.07, 6.45) is 0.780. The van der Waals surface area contributed by atoms with Gasteiger partial charge < -0.3 is 0 Å². The van der Waals surface area contributed by atoms with Crippen LogP contribution in [0.3, 0.4) is 0 Å². The normalized spacial score (nSPS) is 10.9. The number of aldehydes is 1. The van der Waals surface area contributed by atoms with Gasteiger partial charge in [-0.15, -0.1) is 11.3 Å². The van der Waals surface area contributed by atoms with Crippen molar-refractivity contribution in [3.63, 3.8) is 0 Å². The SMILES string of the molecule is Cc1ccc(-c2ccc3[nH]nc(C=O)c3c2)s1. The third kappa shape index (κ3) is 1.66. The summed E-state index contributed by atoms with van der Waals surface area (Å²) in [5.41, 5.74) is 2.49. The van der Waals surface area contributed by atoms with E-state index >= 15 is 0 Å². The highest BCUT2D eigenvalue weighted by Crippen LogP contribution is 2.30. The number of H-pyrrole nitrogens is 1. The van der Waals surface area contributed by atoms with Gasteiger partial charge in [-0.2, -0.15) is 5.10 Å². The summed E-state index contributed by atoms with van der Waals surface area (Å²) in [5.74, 6) is 0. The van der Waals surface area contributed by atoms with Crippen molar-refractivity contribution in [2.45, 2.75) is 6.92 Å². The number of aromatic nitrogens is 2. The molecule has 0 spiro atoms. The molecule has 1 aromatic carbocycles. The number of aryl methyl sites for hydroxylation is 1. The third-order valence-corrected chi connectivity index (χ3v) is 3.78. The molecular weight excluding hydrogens is 232 g/mol. The van der Waals surface area contributed by atoms with Gasteiger partial charge in [0, 0.05) is 15.1 Å². The molecule has 0 saturated heterocycles. The summed E-state index contributed by atoms with van der Waals surface area (Å²) in [6.45, 7) is 2.08. The summed E-state index contributed by atoms with van der Waals surface area (Å²) < 4.78 is 0. The lowest BCUT2D eigenvalue weighted by Gasteiger charge is -1.97. The first-order valence-electron chi connectivity index (χ1n) is 5.28. The van der Waals surface area contributed by atoms with Crippen molar-refractivity contribution in [2.24, 2.45) is 0 Å².